The van der Waals surface area contributed by atoms with E-state index in [0.717, 1.165) is 0 Å². The molecule has 1 atom stereocenters. The molecule has 102 valence electrons. The zero-order chi connectivity index (χ0) is 14.0. The summed E-state index contributed by atoms with van der Waals surface area (Å²) in [7, 11) is 1.62. The smallest absolute Gasteiger partial charge is 0.261 e. The lowest BCUT2D eigenvalue weighted by Crippen LogP contribution is -2.09. The van der Waals surface area contributed by atoms with Crippen molar-refractivity contribution in [3.8, 4) is 11.5 Å². The van der Waals surface area contributed by atoms with Crippen LogP contribution in [-0.2, 0) is 11.2 Å². The van der Waals surface area contributed by atoms with Crippen molar-refractivity contribution in [2.75, 3.05) is 12.8 Å². The highest BCUT2D eigenvalue weighted by Gasteiger charge is 2.18. The zero-order valence-electron chi connectivity index (χ0n) is 10.5. The number of anilines is 1. The number of methoxy groups -OCH3 is 1. The fourth-order valence-corrected chi connectivity index (χ4v) is 1.97. The molecule has 0 aliphatic rings. The van der Waals surface area contributed by atoms with Crippen molar-refractivity contribution in [1.82, 2.24) is 10.1 Å². The number of hydrogen-bond donors (Lipinski definition) is 1. The van der Waals surface area contributed by atoms with E-state index in [1.807, 2.05) is 6.92 Å². The minimum atomic E-state index is -0.00219. The largest absolute Gasteiger partial charge is 0.397 e. The number of benzene rings is 1. The molecule has 7 heteroatoms. The summed E-state index contributed by atoms with van der Waals surface area (Å²) in [5, 5.41) is 4.68. The second-order valence-corrected chi connectivity index (χ2v) is 4.90. The number of nitrogen functional groups attached to an aromatic ring is 1. The van der Waals surface area contributed by atoms with E-state index in [0.29, 0.717) is 33.5 Å². The van der Waals surface area contributed by atoms with Crippen molar-refractivity contribution in [3.05, 3.63) is 28.0 Å². The van der Waals surface area contributed by atoms with E-state index in [1.54, 1.807) is 19.2 Å². The van der Waals surface area contributed by atoms with Crippen LogP contribution in [0.1, 0.15) is 12.7 Å². The summed E-state index contributed by atoms with van der Waals surface area (Å²) in [4.78, 5) is 4.25. The van der Waals surface area contributed by atoms with Crippen LogP contribution in [0.4, 0.5) is 5.69 Å². The van der Waals surface area contributed by atoms with Crippen molar-refractivity contribution >= 4 is 28.9 Å². The lowest BCUT2D eigenvalue weighted by atomic mass is 10.2. The number of rotatable bonds is 4. The molecule has 0 amide bonds. The first-order valence-corrected chi connectivity index (χ1v) is 6.37. The van der Waals surface area contributed by atoms with E-state index < -0.39 is 0 Å². The first kappa shape index (κ1) is 14.1. The topological polar surface area (TPSA) is 74.2 Å². The van der Waals surface area contributed by atoms with Crippen LogP contribution in [0.2, 0.25) is 10.0 Å². The summed E-state index contributed by atoms with van der Waals surface area (Å²) in [6.45, 7) is 1.91. The maximum absolute atomic E-state index is 6.09. The summed E-state index contributed by atoms with van der Waals surface area (Å²) >= 11 is 12.0. The molecule has 2 aromatic rings. The van der Waals surface area contributed by atoms with Gasteiger partial charge in [-0.2, -0.15) is 4.98 Å². The number of nitrogens with zero attached hydrogens (tertiary/aromatic N) is 2. The van der Waals surface area contributed by atoms with Gasteiger partial charge in [0.15, 0.2) is 5.82 Å². The van der Waals surface area contributed by atoms with Gasteiger partial charge in [0.1, 0.15) is 0 Å². The fourth-order valence-electron chi connectivity index (χ4n) is 1.56. The Hall–Kier alpha value is -1.30. The van der Waals surface area contributed by atoms with E-state index in [-0.39, 0.29) is 12.0 Å². The third-order valence-electron chi connectivity index (χ3n) is 2.70. The lowest BCUT2D eigenvalue weighted by molar-refractivity contribution is 0.116. The molecule has 5 nitrogen and oxygen atoms in total. The van der Waals surface area contributed by atoms with Gasteiger partial charge in [-0.1, -0.05) is 28.4 Å². The fraction of sp³-hybridized carbons (Fsp3) is 0.333. The molecule has 0 aliphatic carbocycles. The van der Waals surface area contributed by atoms with E-state index in [1.165, 1.54) is 0 Å². The summed E-state index contributed by atoms with van der Waals surface area (Å²) in [6.07, 6.45) is 0.538. The maximum atomic E-state index is 6.09. The molecular weight excluding hydrogens is 289 g/mol. The molecule has 0 spiro atoms. The molecule has 0 aliphatic heterocycles. The molecule has 1 aromatic heterocycles. The van der Waals surface area contributed by atoms with Gasteiger partial charge >= 0.3 is 0 Å². The Balaban J connectivity index is 2.36. The van der Waals surface area contributed by atoms with Gasteiger partial charge in [0, 0.05) is 13.5 Å². The summed E-state index contributed by atoms with van der Waals surface area (Å²) in [5.41, 5.74) is 6.66. The summed E-state index contributed by atoms with van der Waals surface area (Å²) < 4.78 is 10.3. The quantitative estimate of drug-likeness (QED) is 0.878. The summed E-state index contributed by atoms with van der Waals surface area (Å²) in [6, 6.07) is 3.25. The molecule has 0 fully saturated rings. The van der Waals surface area contributed by atoms with Gasteiger partial charge in [0.2, 0.25) is 0 Å². The molecule has 1 aromatic carbocycles. The highest BCUT2D eigenvalue weighted by Crippen LogP contribution is 2.36. The van der Waals surface area contributed by atoms with Crippen LogP contribution in [0, 0.1) is 0 Å². The molecule has 0 radical (unpaired) electrons. The van der Waals surface area contributed by atoms with Crippen LogP contribution < -0.4 is 5.73 Å². The van der Waals surface area contributed by atoms with Crippen LogP contribution in [0.25, 0.3) is 11.5 Å². The van der Waals surface area contributed by atoms with E-state index in [9.17, 15) is 0 Å². The number of ether oxygens (including phenoxy) is 1. The maximum Gasteiger partial charge on any atom is 0.261 e. The van der Waals surface area contributed by atoms with Crippen LogP contribution in [0.5, 0.6) is 0 Å². The Morgan fingerprint density at radius 2 is 2.05 bits per heavy atom. The molecule has 1 heterocycles. The van der Waals surface area contributed by atoms with Gasteiger partial charge < -0.3 is 15.0 Å². The Morgan fingerprint density at radius 3 is 2.74 bits per heavy atom. The zero-order valence-corrected chi connectivity index (χ0v) is 12.0. The van der Waals surface area contributed by atoms with Crippen molar-refractivity contribution in [3.63, 3.8) is 0 Å². The molecular formula is C12H13Cl2N3O2. The number of nitrogens with two attached hydrogens (primary N) is 1. The first-order chi connectivity index (χ1) is 9.02. The normalized spacial score (nSPS) is 12.6. The van der Waals surface area contributed by atoms with Gasteiger partial charge in [-0.25, -0.2) is 0 Å². The van der Waals surface area contributed by atoms with E-state index >= 15 is 0 Å². The molecule has 0 saturated heterocycles. The van der Waals surface area contributed by atoms with E-state index in [2.05, 4.69) is 10.1 Å². The van der Waals surface area contributed by atoms with Crippen molar-refractivity contribution < 1.29 is 9.26 Å². The monoisotopic (exact) mass is 301 g/mol. The Labute approximate surface area is 120 Å². The average molecular weight is 302 g/mol. The molecule has 0 saturated carbocycles. The van der Waals surface area contributed by atoms with Gasteiger partial charge in [0.25, 0.3) is 5.89 Å². The first-order valence-electron chi connectivity index (χ1n) is 5.62. The highest BCUT2D eigenvalue weighted by molar-refractivity contribution is 6.37. The number of aromatic nitrogens is 2. The second kappa shape index (κ2) is 5.77. The lowest BCUT2D eigenvalue weighted by Gasteiger charge is -2.05. The minimum Gasteiger partial charge on any atom is -0.397 e. The van der Waals surface area contributed by atoms with Gasteiger partial charge in [-0.3, -0.25) is 0 Å². The van der Waals surface area contributed by atoms with Crippen LogP contribution in [-0.4, -0.2) is 23.4 Å². The third kappa shape index (κ3) is 3.00. The summed E-state index contributed by atoms with van der Waals surface area (Å²) in [5.74, 6) is 0.781. The molecule has 2 rings (SSSR count). The van der Waals surface area contributed by atoms with Crippen molar-refractivity contribution in [2.45, 2.75) is 19.4 Å². The van der Waals surface area contributed by atoms with Gasteiger partial charge in [-0.05, 0) is 19.1 Å². The molecule has 0 bridgehead atoms. The Bertz CT molecular complexity index is 586. The standard InChI is InChI=1S/C12H13Cl2N3O2/c1-6(18-2)5-9-16-12(19-17-9)10-7(13)3-4-8(14)11(10)15/h3-4,6H,5,15H2,1-2H3. The van der Waals surface area contributed by atoms with Gasteiger partial charge in [0.05, 0.1) is 27.4 Å². The molecule has 19 heavy (non-hydrogen) atoms. The van der Waals surface area contributed by atoms with Crippen LogP contribution in [0.3, 0.4) is 0 Å². The average Bonchev–Trinajstić information content (AvgIpc) is 2.82. The van der Waals surface area contributed by atoms with Crippen molar-refractivity contribution in [2.24, 2.45) is 0 Å². The van der Waals surface area contributed by atoms with Crippen molar-refractivity contribution in [1.29, 1.82) is 0 Å². The highest BCUT2D eigenvalue weighted by atomic mass is 35.5. The number of hydrogen-bond acceptors (Lipinski definition) is 5. The molecule has 1 unspecified atom stereocenters. The Morgan fingerprint density at radius 1 is 1.37 bits per heavy atom. The molecule has 2 N–H and O–H groups in total. The van der Waals surface area contributed by atoms with Crippen LogP contribution in [0.15, 0.2) is 16.7 Å². The second-order valence-electron chi connectivity index (χ2n) is 4.08. The Kier molecular flexibility index (Phi) is 4.29. The van der Waals surface area contributed by atoms with E-state index in [4.69, 9.17) is 38.2 Å². The van der Waals surface area contributed by atoms with Crippen LogP contribution >= 0.6 is 23.2 Å². The van der Waals surface area contributed by atoms with Gasteiger partial charge in [-0.15, -0.1) is 0 Å². The SMILES string of the molecule is COC(C)Cc1noc(-c2c(Cl)ccc(Cl)c2N)n1. The number of halogens is 2. The predicted octanol–water partition coefficient (Wildman–Crippen LogP) is 3.20. The predicted molar refractivity (Wildman–Crippen MR) is 74.3 cm³/mol. The third-order valence-corrected chi connectivity index (χ3v) is 3.34. The minimum absolute atomic E-state index is 0.00219.